The van der Waals surface area contributed by atoms with Gasteiger partial charge in [-0.3, -0.25) is 10.00 Å². The molecule has 2 rings (SSSR count). The van der Waals surface area contributed by atoms with E-state index < -0.39 is 11.7 Å². The minimum Gasteiger partial charge on any atom is -0.298 e. The first-order valence-electron chi connectivity index (χ1n) is 4.60. The smallest absolute Gasteiger partial charge is 0.298 e. The Bertz CT molecular complexity index is 353. The fourth-order valence-corrected chi connectivity index (χ4v) is 1.42. The number of aryl methyl sites for hydroxylation is 1. The fourth-order valence-electron chi connectivity index (χ4n) is 1.42. The van der Waals surface area contributed by atoms with Crippen LogP contribution in [0.4, 0.5) is 13.2 Å². The quantitative estimate of drug-likeness (QED) is 0.826. The zero-order valence-corrected chi connectivity index (χ0v) is 8.17. The van der Waals surface area contributed by atoms with Crippen molar-refractivity contribution in [2.45, 2.75) is 31.1 Å². The normalized spacial score (nSPS) is 19.2. The Morgan fingerprint density at radius 2 is 2.20 bits per heavy atom. The fraction of sp³-hybridized carbons (Fsp3) is 0.750. The Morgan fingerprint density at radius 3 is 2.60 bits per heavy atom. The SMILES string of the molecule is Cn1nncc1CNC1(C(F)(F)F)CC1. The van der Waals surface area contributed by atoms with Gasteiger partial charge in [-0.1, -0.05) is 5.21 Å². The van der Waals surface area contributed by atoms with E-state index in [0.717, 1.165) is 0 Å². The molecule has 1 aliphatic carbocycles. The first-order chi connectivity index (χ1) is 6.95. The second kappa shape index (κ2) is 3.19. The molecule has 0 radical (unpaired) electrons. The van der Waals surface area contributed by atoms with Crippen LogP contribution in [0.2, 0.25) is 0 Å². The third kappa shape index (κ3) is 1.83. The van der Waals surface area contributed by atoms with Crippen molar-refractivity contribution in [1.82, 2.24) is 20.3 Å². The highest BCUT2D eigenvalue weighted by atomic mass is 19.4. The summed E-state index contributed by atoms with van der Waals surface area (Å²) in [4.78, 5) is 0. The molecule has 0 aromatic carbocycles. The highest BCUT2D eigenvalue weighted by molar-refractivity contribution is 5.09. The number of aromatic nitrogens is 3. The van der Waals surface area contributed by atoms with Crippen LogP contribution in [0.3, 0.4) is 0 Å². The molecule has 7 heteroatoms. The van der Waals surface area contributed by atoms with Crippen molar-refractivity contribution >= 4 is 0 Å². The lowest BCUT2D eigenvalue weighted by molar-refractivity contribution is -0.166. The van der Waals surface area contributed by atoms with Gasteiger partial charge in [-0.15, -0.1) is 5.10 Å². The van der Waals surface area contributed by atoms with E-state index in [1.54, 1.807) is 7.05 Å². The lowest BCUT2D eigenvalue weighted by Gasteiger charge is -2.20. The summed E-state index contributed by atoms with van der Waals surface area (Å²) in [5.41, 5.74) is -1.03. The van der Waals surface area contributed by atoms with Crippen LogP contribution in [-0.4, -0.2) is 26.7 Å². The van der Waals surface area contributed by atoms with Gasteiger partial charge in [-0.2, -0.15) is 13.2 Å². The van der Waals surface area contributed by atoms with Crippen LogP contribution in [0.15, 0.2) is 6.20 Å². The molecule has 1 N–H and O–H groups in total. The lowest BCUT2D eigenvalue weighted by Crippen LogP contribution is -2.44. The molecule has 4 nitrogen and oxygen atoms in total. The van der Waals surface area contributed by atoms with Gasteiger partial charge in [-0.05, 0) is 12.8 Å². The third-order valence-electron chi connectivity index (χ3n) is 2.71. The van der Waals surface area contributed by atoms with E-state index in [9.17, 15) is 13.2 Å². The van der Waals surface area contributed by atoms with Crippen molar-refractivity contribution in [3.63, 3.8) is 0 Å². The van der Waals surface area contributed by atoms with Crippen LogP contribution in [-0.2, 0) is 13.6 Å². The third-order valence-corrected chi connectivity index (χ3v) is 2.71. The standard InChI is InChI=1S/C8H11F3N4/c1-15-6(5-13-14-15)4-12-7(2-3-7)8(9,10)11/h5,12H,2-4H2,1H3. The first-order valence-corrected chi connectivity index (χ1v) is 4.60. The van der Waals surface area contributed by atoms with Crippen molar-refractivity contribution in [2.24, 2.45) is 7.05 Å². The number of rotatable bonds is 3. The van der Waals surface area contributed by atoms with Gasteiger partial charge in [0.1, 0.15) is 5.54 Å². The van der Waals surface area contributed by atoms with E-state index >= 15 is 0 Å². The van der Waals surface area contributed by atoms with Crippen LogP contribution in [0.1, 0.15) is 18.5 Å². The molecule has 1 aliphatic rings. The van der Waals surface area contributed by atoms with Crippen LogP contribution in [0.25, 0.3) is 0 Å². The summed E-state index contributed by atoms with van der Waals surface area (Å²) in [6.07, 6.45) is -2.40. The van der Waals surface area contributed by atoms with E-state index in [1.807, 2.05) is 0 Å². The van der Waals surface area contributed by atoms with Crippen molar-refractivity contribution in [3.8, 4) is 0 Å². The molecule has 0 spiro atoms. The van der Waals surface area contributed by atoms with Gasteiger partial charge in [0.05, 0.1) is 11.9 Å². The number of nitrogens with zero attached hydrogens (tertiary/aromatic N) is 3. The molecule has 1 aromatic heterocycles. The minimum absolute atomic E-state index is 0.142. The molecule has 0 unspecified atom stereocenters. The molecule has 0 saturated heterocycles. The summed E-state index contributed by atoms with van der Waals surface area (Å²) in [6.45, 7) is 0.142. The first kappa shape index (κ1) is 10.4. The lowest BCUT2D eigenvalue weighted by atomic mass is 10.2. The molecular formula is C8H11F3N4. The molecule has 1 saturated carbocycles. The van der Waals surface area contributed by atoms with Crippen molar-refractivity contribution in [2.75, 3.05) is 0 Å². The predicted octanol–water partition coefficient (Wildman–Crippen LogP) is 1.000. The minimum atomic E-state index is -4.17. The summed E-state index contributed by atoms with van der Waals surface area (Å²) < 4.78 is 39.0. The predicted molar refractivity (Wildman–Crippen MR) is 45.9 cm³/mol. The maximum Gasteiger partial charge on any atom is 0.406 e. The average Bonchev–Trinajstić information content (AvgIpc) is 2.82. The van der Waals surface area contributed by atoms with Crippen molar-refractivity contribution < 1.29 is 13.2 Å². The number of nitrogens with one attached hydrogen (secondary N) is 1. The van der Waals surface area contributed by atoms with Crippen LogP contribution >= 0.6 is 0 Å². The zero-order valence-electron chi connectivity index (χ0n) is 8.17. The zero-order chi connectivity index (χ0) is 11.1. The Balaban J connectivity index is 1.97. The van der Waals surface area contributed by atoms with Crippen molar-refractivity contribution in [1.29, 1.82) is 0 Å². The molecule has 1 aromatic rings. The second-order valence-electron chi connectivity index (χ2n) is 3.78. The van der Waals surface area contributed by atoms with Gasteiger partial charge in [0, 0.05) is 13.6 Å². The average molecular weight is 220 g/mol. The molecule has 1 fully saturated rings. The Morgan fingerprint density at radius 1 is 1.53 bits per heavy atom. The monoisotopic (exact) mass is 220 g/mol. The van der Waals surface area contributed by atoms with E-state index in [1.165, 1.54) is 10.9 Å². The van der Waals surface area contributed by atoms with Crippen molar-refractivity contribution in [3.05, 3.63) is 11.9 Å². The summed E-state index contributed by atoms with van der Waals surface area (Å²) in [6, 6.07) is 0. The molecule has 0 bridgehead atoms. The number of halogens is 3. The van der Waals surface area contributed by atoms with Gasteiger partial charge in [0.15, 0.2) is 0 Å². The number of hydrogen-bond acceptors (Lipinski definition) is 3. The largest absolute Gasteiger partial charge is 0.406 e. The summed E-state index contributed by atoms with van der Waals surface area (Å²) in [7, 11) is 1.65. The van der Waals surface area contributed by atoms with Gasteiger partial charge in [0.2, 0.25) is 0 Å². The van der Waals surface area contributed by atoms with E-state index in [4.69, 9.17) is 0 Å². The van der Waals surface area contributed by atoms with Crippen LogP contribution < -0.4 is 5.32 Å². The highest BCUT2D eigenvalue weighted by Crippen LogP contribution is 2.48. The van der Waals surface area contributed by atoms with Gasteiger partial charge >= 0.3 is 6.18 Å². The van der Waals surface area contributed by atoms with Gasteiger partial charge in [-0.25, -0.2) is 0 Å². The number of alkyl halides is 3. The summed E-state index contributed by atoms with van der Waals surface area (Å²) in [5.74, 6) is 0. The summed E-state index contributed by atoms with van der Waals surface area (Å²) >= 11 is 0. The molecule has 84 valence electrons. The Kier molecular flexibility index (Phi) is 2.22. The highest BCUT2D eigenvalue weighted by Gasteiger charge is 2.62. The Labute approximate surface area is 84.5 Å². The van der Waals surface area contributed by atoms with Gasteiger partial charge < -0.3 is 0 Å². The van der Waals surface area contributed by atoms with Gasteiger partial charge in [0.25, 0.3) is 0 Å². The topological polar surface area (TPSA) is 42.7 Å². The van der Waals surface area contributed by atoms with Crippen LogP contribution in [0, 0.1) is 0 Å². The maximum absolute atomic E-state index is 12.5. The maximum atomic E-state index is 12.5. The number of hydrogen-bond donors (Lipinski definition) is 1. The Hall–Kier alpha value is -1.11. The second-order valence-corrected chi connectivity index (χ2v) is 3.78. The van der Waals surface area contributed by atoms with E-state index in [2.05, 4.69) is 15.6 Å². The molecule has 0 amide bonds. The van der Waals surface area contributed by atoms with E-state index in [0.29, 0.717) is 5.69 Å². The van der Waals surface area contributed by atoms with E-state index in [-0.39, 0.29) is 19.4 Å². The molecule has 15 heavy (non-hydrogen) atoms. The summed E-state index contributed by atoms with van der Waals surface area (Å²) in [5, 5.41) is 9.77. The molecular weight excluding hydrogens is 209 g/mol. The van der Waals surface area contributed by atoms with Crippen LogP contribution in [0.5, 0.6) is 0 Å². The molecule has 0 aliphatic heterocycles. The molecule has 0 atom stereocenters. The molecule has 1 heterocycles.